The van der Waals surface area contributed by atoms with E-state index >= 15 is 0 Å². The van der Waals surface area contributed by atoms with Crippen LogP contribution in [-0.2, 0) is 14.8 Å². The van der Waals surface area contributed by atoms with Gasteiger partial charge in [-0.25, -0.2) is 13.2 Å². The molecule has 2 N–H and O–H groups in total. The fraction of sp³-hybridized carbons (Fsp3) is 0.761. The number of benzene rings is 1. The van der Waals surface area contributed by atoms with Crippen LogP contribution in [0.3, 0.4) is 0 Å². The van der Waals surface area contributed by atoms with Crippen molar-refractivity contribution < 1.29 is 17.9 Å². The molecule has 5 saturated carbocycles. The van der Waals surface area contributed by atoms with Crippen LogP contribution in [0.1, 0.15) is 122 Å². The number of nitrogens with one attached hydrogen (secondary N) is 2. The van der Waals surface area contributed by atoms with Crippen LogP contribution in [0, 0.1) is 63.1 Å². The molecule has 12 atom stereocenters. The first-order valence-corrected chi connectivity index (χ1v) is 23.2. The van der Waals surface area contributed by atoms with E-state index in [0.717, 1.165) is 26.1 Å². The molecule has 6 aliphatic carbocycles. The summed E-state index contributed by atoms with van der Waals surface area (Å²) in [5, 5.41) is 7.93. The van der Waals surface area contributed by atoms with Crippen molar-refractivity contribution in [3.8, 4) is 0 Å². The van der Waals surface area contributed by atoms with Crippen molar-refractivity contribution >= 4 is 21.6 Å². The third-order valence-corrected chi connectivity index (χ3v) is 19.3. The van der Waals surface area contributed by atoms with Gasteiger partial charge >= 0.3 is 5.97 Å². The molecule has 0 amide bonds. The van der Waals surface area contributed by atoms with Gasteiger partial charge in [0.25, 0.3) is 0 Å². The van der Waals surface area contributed by atoms with E-state index in [-0.39, 0.29) is 39.2 Å². The number of hydrogen-bond donors (Lipinski definition) is 2. The van der Waals surface area contributed by atoms with Crippen LogP contribution in [0.2, 0.25) is 0 Å². The average molecular weight is 760 g/mol. The molecule has 7 aliphatic rings. The minimum absolute atomic E-state index is 0.0379. The molecule has 1 aliphatic heterocycles. The van der Waals surface area contributed by atoms with Crippen LogP contribution in [-0.4, -0.2) is 69.8 Å². The van der Waals surface area contributed by atoms with Crippen LogP contribution >= 0.6 is 0 Å². The Bertz CT molecular complexity index is 1810. The largest absolute Gasteiger partial charge is 0.465 e. The van der Waals surface area contributed by atoms with Gasteiger partial charge in [-0.1, -0.05) is 65.0 Å². The van der Waals surface area contributed by atoms with Crippen LogP contribution < -0.4 is 10.6 Å². The quantitative estimate of drug-likeness (QED) is 0.142. The molecule has 8 rings (SSSR count). The molecule has 8 heteroatoms. The zero-order valence-corrected chi connectivity index (χ0v) is 35.4. The van der Waals surface area contributed by atoms with Gasteiger partial charge in [-0.15, -0.1) is 0 Å². The van der Waals surface area contributed by atoms with Crippen LogP contribution in [0.15, 0.2) is 42.5 Å². The third kappa shape index (κ3) is 5.79. The maximum Gasteiger partial charge on any atom is 0.337 e. The fourth-order valence-corrected chi connectivity index (χ4v) is 16.5. The summed E-state index contributed by atoms with van der Waals surface area (Å²) in [6, 6.07) is 8.23. The number of carbonyl (C=O) groups is 1. The molecule has 1 aromatic rings. The van der Waals surface area contributed by atoms with E-state index in [2.05, 4.69) is 77.0 Å². The lowest BCUT2D eigenvalue weighted by atomic mass is 9.33. The Balaban J connectivity index is 0.999. The highest BCUT2D eigenvalue weighted by Gasteiger charge is 2.70. The molecule has 0 radical (unpaired) electrons. The lowest BCUT2D eigenvalue weighted by Gasteiger charge is -2.72. The molecule has 0 spiro atoms. The molecule has 54 heavy (non-hydrogen) atoms. The Morgan fingerprint density at radius 2 is 1.69 bits per heavy atom. The van der Waals surface area contributed by atoms with Gasteiger partial charge in [0.1, 0.15) is 0 Å². The summed E-state index contributed by atoms with van der Waals surface area (Å²) in [4.78, 5) is 12.2. The standard InChI is InChI=1S/C46H69N3O4S/c1-29(2)33-16-21-46(48-25-24-47-27-37-34-26-32(34)28-49(37)54(9,51)52)23-22-44(6)36(40(33)46)14-15-39-43(5)19-17-35(30-10-12-31(13-11-30)41(50)53-8)42(3,4)38(43)18-20-45(39,44)7/h10-13,17,32-34,36-40,47-48H,1,14-16,18-28H2,2-9H3/t32?,33-,34?,36+,37+,38-,39+,40+,43-,44+,45+,46-/m0/s1. The smallest absolute Gasteiger partial charge is 0.337 e. The summed E-state index contributed by atoms with van der Waals surface area (Å²) < 4.78 is 31.6. The monoisotopic (exact) mass is 760 g/mol. The van der Waals surface area contributed by atoms with Gasteiger partial charge in [-0.05, 0) is 157 Å². The molecule has 7 nitrogen and oxygen atoms in total. The zero-order chi connectivity index (χ0) is 38.6. The highest BCUT2D eigenvalue weighted by Crippen LogP contribution is 2.76. The van der Waals surface area contributed by atoms with E-state index in [1.807, 2.05) is 12.1 Å². The summed E-state index contributed by atoms with van der Waals surface area (Å²) in [7, 11) is -1.71. The van der Waals surface area contributed by atoms with Crippen molar-refractivity contribution in [1.82, 2.24) is 14.9 Å². The first-order valence-electron chi connectivity index (χ1n) is 21.4. The molecule has 1 saturated heterocycles. The molecule has 298 valence electrons. The SMILES string of the molecule is C=C(C)[C@@H]1CC[C@]2(NCCNC[C@@H]3C4CC4CN3S(C)(=O)=O)CC[C@]3(C)[C@H](CC[C@@H]4[C@@]5(C)CC=C(c6ccc(C(=O)OC)cc6)C(C)(C)[C@@H]5CC[C@]43C)[C@@H]12. The van der Waals surface area contributed by atoms with E-state index in [0.29, 0.717) is 53.5 Å². The fourth-order valence-electron chi connectivity index (χ4n) is 15.3. The van der Waals surface area contributed by atoms with Crippen molar-refractivity contribution in [1.29, 1.82) is 0 Å². The van der Waals surface area contributed by atoms with Gasteiger partial charge in [0.05, 0.1) is 18.9 Å². The lowest BCUT2D eigenvalue weighted by Crippen LogP contribution is -2.68. The Hall–Kier alpha value is -2.00. The highest BCUT2D eigenvalue weighted by molar-refractivity contribution is 7.88. The summed E-state index contributed by atoms with van der Waals surface area (Å²) >= 11 is 0. The Morgan fingerprint density at radius 3 is 2.37 bits per heavy atom. The van der Waals surface area contributed by atoms with Gasteiger partial charge in [0.2, 0.25) is 10.0 Å². The summed E-state index contributed by atoms with van der Waals surface area (Å²) in [5.74, 6) is 4.00. The zero-order valence-electron chi connectivity index (χ0n) is 34.6. The van der Waals surface area contributed by atoms with E-state index in [1.54, 1.807) is 4.31 Å². The Kier molecular flexibility index (Phi) is 9.55. The van der Waals surface area contributed by atoms with Gasteiger partial charge in [-0.3, -0.25) is 0 Å². The number of rotatable bonds is 10. The maximum atomic E-state index is 12.4. The number of esters is 1. The topological polar surface area (TPSA) is 87.7 Å². The van der Waals surface area contributed by atoms with Crippen molar-refractivity contribution in [2.75, 3.05) is 39.5 Å². The second-order valence-corrected chi connectivity index (χ2v) is 22.6. The average Bonchev–Trinajstić information content (AvgIpc) is 3.63. The number of ether oxygens (including phenoxy) is 1. The molecule has 0 aromatic heterocycles. The molecule has 0 bridgehead atoms. The van der Waals surface area contributed by atoms with Gasteiger partial charge in [0.15, 0.2) is 0 Å². The second kappa shape index (κ2) is 13.3. The van der Waals surface area contributed by atoms with Crippen molar-refractivity contribution in [3.63, 3.8) is 0 Å². The Labute approximate surface area is 327 Å². The number of carbonyl (C=O) groups excluding carboxylic acids is 1. The molecule has 6 fully saturated rings. The minimum atomic E-state index is -3.15. The third-order valence-electron chi connectivity index (χ3n) is 18.1. The van der Waals surface area contributed by atoms with Crippen LogP contribution in [0.25, 0.3) is 5.57 Å². The number of allylic oxidation sites excluding steroid dienone is 3. The number of sulfonamides is 1. The first-order chi connectivity index (χ1) is 25.4. The number of piperidine rings is 1. The maximum absolute atomic E-state index is 12.4. The number of methoxy groups -OCH3 is 1. The predicted molar refractivity (Wildman–Crippen MR) is 218 cm³/mol. The first kappa shape index (κ1) is 38.9. The lowest BCUT2D eigenvalue weighted by molar-refractivity contribution is -0.219. The molecule has 1 aromatic carbocycles. The Morgan fingerprint density at radius 1 is 0.944 bits per heavy atom. The summed E-state index contributed by atoms with van der Waals surface area (Å²) in [5.41, 5.74) is 5.67. The molecule has 1 heterocycles. The predicted octanol–water partition coefficient (Wildman–Crippen LogP) is 8.34. The van der Waals surface area contributed by atoms with Gasteiger partial charge in [-0.2, -0.15) is 4.31 Å². The van der Waals surface area contributed by atoms with Crippen LogP contribution in [0.4, 0.5) is 0 Å². The highest BCUT2D eigenvalue weighted by atomic mass is 32.2. The second-order valence-electron chi connectivity index (χ2n) is 20.6. The molecular formula is C46H69N3O4S. The van der Waals surface area contributed by atoms with E-state index in [4.69, 9.17) is 4.74 Å². The van der Waals surface area contributed by atoms with E-state index < -0.39 is 10.0 Å². The number of nitrogens with zero attached hydrogens (tertiary/aromatic N) is 1. The molecule has 2 unspecified atom stereocenters. The number of hydrogen-bond acceptors (Lipinski definition) is 6. The van der Waals surface area contributed by atoms with Gasteiger partial charge < -0.3 is 15.4 Å². The van der Waals surface area contributed by atoms with Gasteiger partial charge in [0, 0.05) is 37.8 Å². The van der Waals surface area contributed by atoms with Crippen molar-refractivity contribution in [2.24, 2.45) is 63.1 Å². The van der Waals surface area contributed by atoms with Crippen molar-refractivity contribution in [3.05, 3.63) is 53.6 Å². The van der Waals surface area contributed by atoms with Crippen LogP contribution in [0.5, 0.6) is 0 Å². The summed E-state index contributed by atoms with van der Waals surface area (Å²) in [6.45, 7) is 23.3. The normalized spacial score (nSPS) is 43.5. The van der Waals surface area contributed by atoms with Crippen molar-refractivity contribution in [2.45, 2.75) is 117 Å². The van der Waals surface area contributed by atoms with E-state index in [1.165, 1.54) is 87.9 Å². The minimum Gasteiger partial charge on any atom is -0.465 e. The number of fused-ring (bicyclic) bond motifs is 8. The van der Waals surface area contributed by atoms with E-state index in [9.17, 15) is 13.2 Å². The molecular weight excluding hydrogens is 691 g/mol. The summed E-state index contributed by atoms with van der Waals surface area (Å²) in [6.07, 6.45) is 16.5.